The van der Waals surface area contributed by atoms with E-state index in [2.05, 4.69) is 25.7 Å². The number of nitrogens with zero attached hydrogens (tertiary/aromatic N) is 7. The number of anilines is 1. The monoisotopic (exact) mass is 538 g/mol. The van der Waals surface area contributed by atoms with Crippen LogP contribution in [0.15, 0.2) is 24.4 Å². The van der Waals surface area contributed by atoms with E-state index in [4.69, 9.17) is 9.47 Å². The zero-order valence-electron chi connectivity index (χ0n) is 20.1. The molecule has 1 aromatic carbocycles. The minimum atomic E-state index is -3.04. The van der Waals surface area contributed by atoms with Crippen LogP contribution in [0.4, 0.5) is 27.9 Å². The number of likely N-dealkylation sites (tertiary alicyclic amines) is 1. The summed E-state index contributed by atoms with van der Waals surface area (Å²) in [6.45, 7) is -1.51. The fraction of sp³-hybridized carbons (Fsp3) is 0.478. The topological polar surface area (TPSA) is 94.6 Å². The van der Waals surface area contributed by atoms with Gasteiger partial charge < -0.3 is 14.8 Å². The molecule has 2 aliphatic heterocycles. The van der Waals surface area contributed by atoms with Crippen LogP contribution < -0.4 is 10.1 Å². The summed E-state index contributed by atoms with van der Waals surface area (Å²) in [7, 11) is 1.32. The van der Waals surface area contributed by atoms with Crippen molar-refractivity contribution in [1.82, 2.24) is 34.5 Å². The number of ether oxygens (including phenoxy) is 2. The zero-order valence-corrected chi connectivity index (χ0v) is 20.1. The summed E-state index contributed by atoms with van der Waals surface area (Å²) in [5.41, 5.74) is 1.22. The van der Waals surface area contributed by atoms with E-state index < -0.39 is 43.7 Å². The van der Waals surface area contributed by atoms with Crippen molar-refractivity contribution >= 4 is 22.5 Å². The number of hydrogen-bond donors (Lipinski definition) is 1. The van der Waals surface area contributed by atoms with Gasteiger partial charge in [-0.1, -0.05) is 11.3 Å². The first-order valence-corrected chi connectivity index (χ1v) is 11.9. The molecule has 0 radical (unpaired) electrons. The van der Waals surface area contributed by atoms with Crippen LogP contribution in [0.25, 0.3) is 27.7 Å². The van der Waals surface area contributed by atoms with Crippen LogP contribution in [0.2, 0.25) is 0 Å². The van der Waals surface area contributed by atoms with Crippen LogP contribution in [-0.4, -0.2) is 99.3 Å². The van der Waals surface area contributed by atoms with Gasteiger partial charge in [-0.2, -0.15) is 4.98 Å². The molecule has 10 nitrogen and oxygen atoms in total. The van der Waals surface area contributed by atoms with Crippen molar-refractivity contribution in [3.8, 4) is 17.0 Å². The zero-order chi connectivity index (χ0) is 26.6. The van der Waals surface area contributed by atoms with Gasteiger partial charge in [0.25, 0.3) is 5.92 Å². The van der Waals surface area contributed by atoms with Crippen molar-refractivity contribution in [3.63, 3.8) is 0 Å². The Kier molecular flexibility index (Phi) is 6.06. The summed E-state index contributed by atoms with van der Waals surface area (Å²) >= 11 is 0. The highest BCUT2D eigenvalue weighted by Gasteiger charge is 2.51. The number of hydrogen-bond acceptors (Lipinski definition) is 8. The van der Waals surface area contributed by atoms with Crippen molar-refractivity contribution in [2.24, 2.45) is 0 Å². The number of benzene rings is 1. The lowest BCUT2D eigenvalue weighted by Crippen LogP contribution is -2.48. The normalized spacial score (nSPS) is 20.0. The molecule has 0 saturated carbocycles. The first kappa shape index (κ1) is 24.7. The van der Waals surface area contributed by atoms with E-state index >= 15 is 4.39 Å². The van der Waals surface area contributed by atoms with Gasteiger partial charge in [-0.15, -0.1) is 10.2 Å². The summed E-state index contributed by atoms with van der Waals surface area (Å²) < 4.78 is 84.2. The van der Waals surface area contributed by atoms with E-state index in [1.807, 2.05) is 0 Å². The van der Waals surface area contributed by atoms with Gasteiger partial charge in [-0.25, -0.2) is 31.1 Å². The Morgan fingerprint density at radius 3 is 2.71 bits per heavy atom. The van der Waals surface area contributed by atoms with Crippen molar-refractivity contribution < 1.29 is 31.4 Å². The maximum absolute atomic E-state index is 15.3. The molecule has 0 spiro atoms. The molecule has 5 heterocycles. The van der Waals surface area contributed by atoms with Gasteiger partial charge in [0.15, 0.2) is 5.82 Å². The van der Waals surface area contributed by atoms with Gasteiger partial charge in [0.2, 0.25) is 11.8 Å². The number of nitrogens with one attached hydrogen (secondary N) is 1. The van der Waals surface area contributed by atoms with Crippen LogP contribution in [0.1, 0.15) is 6.04 Å². The van der Waals surface area contributed by atoms with Crippen molar-refractivity contribution in [3.05, 3.63) is 30.2 Å². The number of methoxy groups -OCH3 is 1. The number of halogens is 5. The molecule has 1 N–H and O–H groups in total. The minimum absolute atomic E-state index is 0.0518. The Morgan fingerprint density at radius 2 is 2.03 bits per heavy atom. The first-order chi connectivity index (χ1) is 18.3. The van der Waals surface area contributed by atoms with Crippen LogP contribution in [-0.2, 0) is 4.74 Å². The Bertz CT molecular complexity index is 1490. The first-order valence-electron chi connectivity index (χ1n) is 11.9. The number of fused-ring (bicyclic) bond motifs is 2. The lowest BCUT2D eigenvalue weighted by molar-refractivity contribution is -0.0711. The van der Waals surface area contributed by atoms with Crippen LogP contribution >= 0.6 is 0 Å². The second-order valence-electron chi connectivity index (χ2n) is 9.37. The molecule has 3 aromatic heterocycles. The largest absolute Gasteiger partial charge is 0.479 e. The van der Waals surface area contributed by atoms with E-state index in [0.717, 1.165) is 15.4 Å². The molecule has 2 saturated heterocycles. The summed E-state index contributed by atoms with van der Waals surface area (Å²) in [5, 5.41) is 14.7. The summed E-state index contributed by atoms with van der Waals surface area (Å²) in [6.07, 6.45) is 1.08. The minimum Gasteiger partial charge on any atom is -0.479 e. The van der Waals surface area contributed by atoms with Crippen molar-refractivity contribution in [1.29, 1.82) is 0 Å². The smallest absolute Gasteiger partial charge is 0.281 e. The fourth-order valence-corrected chi connectivity index (χ4v) is 4.87. The molecule has 38 heavy (non-hydrogen) atoms. The molecule has 0 aliphatic carbocycles. The molecule has 2 aliphatic rings. The third-order valence-electron chi connectivity index (χ3n) is 6.99. The molecule has 0 amide bonds. The Morgan fingerprint density at radius 1 is 1.24 bits per heavy atom. The lowest BCUT2D eigenvalue weighted by Gasteiger charge is -2.34. The summed E-state index contributed by atoms with van der Waals surface area (Å²) in [4.78, 5) is 5.90. The molecule has 0 bridgehead atoms. The van der Waals surface area contributed by atoms with Crippen molar-refractivity contribution in [2.45, 2.75) is 24.0 Å². The summed E-state index contributed by atoms with van der Waals surface area (Å²) in [6, 6.07) is 2.15. The predicted octanol–water partition coefficient (Wildman–Crippen LogP) is 2.90. The van der Waals surface area contributed by atoms with Crippen molar-refractivity contribution in [2.75, 3.05) is 52.1 Å². The number of alkyl halides is 4. The van der Waals surface area contributed by atoms with Gasteiger partial charge in [-0.3, -0.25) is 4.90 Å². The van der Waals surface area contributed by atoms with Crippen LogP contribution in [0.3, 0.4) is 0 Å². The predicted molar refractivity (Wildman–Crippen MR) is 126 cm³/mol. The third kappa shape index (κ3) is 4.00. The van der Waals surface area contributed by atoms with Crippen LogP contribution in [0, 0.1) is 5.82 Å². The molecular weight excluding hydrogens is 515 g/mol. The van der Waals surface area contributed by atoms with Gasteiger partial charge in [0, 0.05) is 6.54 Å². The Hall–Kier alpha value is -3.59. The number of aromatic nitrogens is 6. The van der Waals surface area contributed by atoms with Gasteiger partial charge in [0.05, 0.1) is 50.2 Å². The highest BCUT2D eigenvalue weighted by atomic mass is 19.3. The molecule has 1 atom stereocenters. The average Bonchev–Trinajstić information content (AvgIpc) is 3.50. The molecule has 202 valence electrons. The third-order valence-corrected chi connectivity index (χ3v) is 6.99. The van der Waals surface area contributed by atoms with E-state index in [0.29, 0.717) is 29.8 Å². The number of rotatable bonds is 8. The fourth-order valence-electron chi connectivity index (χ4n) is 4.87. The second kappa shape index (κ2) is 9.31. The highest BCUT2D eigenvalue weighted by Crippen LogP contribution is 2.37. The molecule has 0 unspecified atom stereocenters. The van der Waals surface area contributed by atoms with Gasteiger partial charge >= 0.3 is 0 Å². The molecule has 2 fully saturated rings. The standard InChI is InChI=1S/C23H23F5N8O2/c1-37-21-20-19(12-2-3-16-17(4-12)36(33-31-16)13(5-24)6-25)15(26)7-35(20)32-22(30-21)29-18-8-34(11-23(18,27)28)14-9-38-10-14/h2-4,7,13-14,18H,5-6,8-11H2,1H3,(H,29,32)/t18-/m1/s1. The maximum atomic E-state index is 15.3. The highest BCUT2D eigenvalue weighted by molar-refractivity contribution is 5.89. The molecular formula is C23H23F5N8O2. The van der Waals surface area contributed by atoms with E-state index in [1.165, 1.54) is 13.2 Å². The van der Waals surface area contributed by atoms with E-state index in [1.54, 1.807) is 17.0 Å². The Balaban J connectivity index is 1.37. The van der Waals surface area contributed by atoms with E-state index in [-0.39, 0.29) is 35.5 Å². The SMILES string of the molecule is COc1nc(N[C@@H]2CN(C3COC3)CC2(F)F)nn2cc(F)c(-c3ccc4nnn(C(CF)CF)c4c3)c12. The lowest BCUT2D eigenvalue weighted by atomic mass is 10.1. The maximum Gasteiger partial charge on any atom is 0.281 e. The summed E-state index contributed by atoms with van der Waals surface area (Å²) in [5.74, 6) is -3.94. The Labute approximate surface area is 212 Å². The molecule has 4 aromatic rings. The van der Waals surface area contributed by atoms with E-state index in [9.17, 15) is 17.6 Å². The van der Waals surface area contributed by atoms with Crippen LogP contribution in [0.5, 0.6) is 5.88 Å². The quantitative estimate of drug-likeness (QED) is 0.343. The second-order valence-corrected chi connectivity index (χ2v) is 9.37. The van der Waals surface area contributed by atoms with Gasteiger partial charge in [0.1, 0.15) is 36.5 Å². The van der Waals surface area contributed by atoms with Gasteiger partial charge in [-0.05, 0) is 17.7 Å². The molecule has 6 rings (SSSR count). The average molecular weight is 538 g/mol. The molecule has 15 heteroatoms.